The van der Waals surface area contributed by atoms with E-state index < -0.39 is 0 Å². The molecule has 1 atom stereocenters. The van der Waals surface area contributed by atoms with Crippen molar-refractivity contribution >= 4 is 5.91 Å². The van der Waals surface area contributed by atoms with Crippen molar-refractivity contribution < 1.29 is 9.21 Å². The van der Waals surface area contributed by atoms with E-state index in [0.29, 0.717) is 5.89 Å². The molecule has 2 heterocycles. The third-order valence-electron chi connectivity index (χ3n) is 2.24. The smallest absolute Gasteiger partial charge is 0.288 e. The first-order chi connectivity index (χ1) is 6.75. The van der Waals surface area contributed by atoms with Gasteiger partial charge in [-0.05, 0) is 13.0 Å². The minimum atomic E-state index is -0.181. The van der Waals surface area contributed by atoms with Crippen LogP contribution in [0.4, 0.5) is 0 Å². The lowest BCUT2D eigenvalue weighted by molar-refractivity contribution is 0.0911. The molecule has 14 heavy (non-hydrogen) atoms. The topological polar surface area (TPSA) is 67.2 Å². The van der Waals surface area contributed by atoms with E-state index in [1.807, 2.05) is 0 Å². The fourth-order valence-corrected chi connectivity index (χ4v) is 1.50. The predicted molar refractivity (Wildman–Crippen MR) is 50.0 cm³/mol. The monoisotopic (exact) mass is 195 g/mol. The molecule has 0 saturated carbocycles. The lowest BCUT2D eigenvalue weighted by Gasteiger charge is -2.08. The summed E-state index contributed by atoms with van der Waals surface area (Å²) in [5.74, 6) is 0.619. The molecule has 2 rings (SSSR count). The summed E-state index contributed by atoms with van der Waals surface area (Å²) in [5.41, 5.74) is 0. The maximum atomic E-state index is 11.5. The number of aryl methyl sites for hydroxylation is 1. The molecule has 76 valence electrons. The zero-order chi connectivity index (χ0) is 9.97. The van der Waals surface area contributed by atoms with E-state index in [1.54, 1.807) is 6.92 Å². The zero-order valence-corrected chi connectivity index (χ0v) is 8.04. The second-order valence-corrected chi connectivity index (χ2v) is 3.41. The van der Waals surface area contributed by atoms with Gasteiger partial charge in [0.1, 0.15) is 0 Å². The number of nitrogens with one attached hydrogen (secondary N) is 2. The van der Waals surface area contributed by atoms with Crippen molar-refractivity contribution in [3.8, 4) is 0 Å². The highest BCUT2D eigenvalue weighted by atomic mass is 16.4. The molecule has 0 radical (unpaired) electrons. The van der Waals surface area contributed by atoms with Gasteiger partial charge in [-0.1, -0.05) is 0 Å². The van der Waals surface area contributed by atoms with Crippen molar-refractivity contribution in [2.75, 3.05) is 13.1 Å². The molecule has 5 heteroatoms. The van der Waals surface area contributed by atoms with Crippen LogP contribution in [0.5, 0.6) is 0 Å². The molecule has 1 aromatic rings. The number of rotatable bonds is 2. The van der Waals surface area contributed by atoms with E-state index >= 15 is 0 Å². The van der Waals surface area contributed by atoms with Gasteiger partial charge in [0.25, 0.3) is 5.91 Å². The summed E-state index contributed by atoms with van der Waals surface area (Å²) >= 11 is 0. The molecule has 1 amide bonds. The third-order valence-corrected chi connectivity index (χ3v) is 2.24. The Morgan fingerprint density at radius 3 is 3.21 bits per heavy atom. The van der Waals surface area contributed by atoms with Crippen LogP contribution in [-0.2, 0) is 0 Å². The normalized spacial score (nSPS) is 21.1. The van der Waals surface area contributed by atoms with Crippen LogP contribution in [0, 0.1) is 6.92 Å². The Labute approximate surface area is 81.9 Å². The van der Waals surface area contributed by atoms with Gasteiger partial charge in [-0.2, -0.15) is 0 Å². The molecule has 0 bridgehead atoms. The molecule has 1 unspecified atom stereocenters. The average Bonchev–Trinajstić information content (AvgIpc) is 2.75. The van der Waals surface area contributed by atoms with E-state index in [-0.39, 0.29) is 17.7 Å². The van der Waals surface area contributed by atoms with Gasteiger partial charge in [-0.25, -0.2) is 4.98 Å². The van der Waals surface area contributed by atoms with E-state index in [9.17, 15) is 4.79 Å². The molecule has 1 aromatic heterocycles. The number of hydrogen-bond donors (Lipinski definition) is 2. The molecular weight excluding hydrogens is 182 g/mol. The van der Waals surface area contributed by atoms with Crippen LogP contribution in [0.25, 0.3) is 0 Å². The molecule has 5 nitrogen and oxygen atoms in total. The van der Waals surface area contributed by atoms with Crippen molar-refractivity contribution in [1.82, 2.24) is 15.6 Å². The second kappa shape index (κ2) is 3.79. The van der Waals surface area contributed by atoms with Gasteiger partial charge in [0.15, 0.2) is 5.89 Å². The number of hydrogen-bond acceptors (Lipinski definition) is 4. The van der Waals surface area contributed by atoms with Gasteiger partial charge in [-0.15, -0.1) is 0 Å². The number of carbonyl (C=O) groups excluding carboxylic acids is 1. The molecule has 1 aliphatic rings. The van der Waals surface area contributed by atoms with Crippen LogP contribution in [0.15, 0.2) is 10.6 Å². The van der Waals surface area contributed by atoms with Gasteiger partial charge in [0, 0.05) is 19.5 Å². The Balaban J connectivity index is 1.95. The lowest BCUT2D eigenvalue weighted by Crippen LogP contribution is -2.35. The molecule has 1 fully saturated rings. The van der Waals surface area contributed by atoms with Crippen LogP contribution < -0.4 is 10.6 Å². The second-order valence-electron chi connectivity index (χ2n) is 3.41. The predicted octanol–water partition coefficient (Wildman–Crippen LogP) is 0.0747. The first-order valence-corrected chi connectivity index (χ1v) is 4.70. The summed E-state index contributed by atoms with van der Waals surface area (Å²) in [6.45, 7) is 3.51. The largest absolute Gasteiger partial charge is 0.436 e. The summed E-state index contributed by atoms with van der Waals surface area (Å²) < 4.78 is 5.11. The summed E-state index contributed by atoms with van der Waals surface area (Å²) in [5, 5.41) is 6.05. The van der Waals surface area contributed by atoms with Crippen molar-refractivity contribution in [3.63, 3.8) is 0 Å². The minimum absolute atomic E-state index is 0.181. The Hall–Kier alpha value is -1.36. The molecule has 0 spiro atoms. The summed E-state index contributed by atoms with van der Waals surface area (Å²) in [6, 6.07) is 0.216. The first-order valence-electron chi connectivity index (χ1n) is 4.70. The molecule has 2 N–H and O–H groups in total. The maximum absolute atomic E-state index is 11.5. The zero-order valence-electron chi connectivity index (χ0n) is 8.04. The van der Waals surface area contributed by atoms with Crippen LogP contribution in [0.1, 0.15) is 22.9 Å². The number of aromatic nitrogens is 1. The first kappa shape index (κ1) is 9.21. The minimum Gasteiger partial charge on any atom is -0.436 e. The molecule has 0 aliphatic carbocycles. The molecular formula is C9H13N3O2. The van der Waals surface area contributed by atoms with Gasteiger partial charge >= 0.3 is 0 Å². The fourth-order valence-electron chi connectivity index (χ4n) is 1.50. The Bertz CT molecular complexity index is 329. The van der Waals surface area contributed by atoms with E-state index in [0.717, 1.165) is 19.5 Å². The van der Waals surface area contributed by atoms with E-state index in [2.05, 4.69) is 15.6 Å². The van der Waals surface area contributed by atoms with Crippen molar-refractivity contribution in [2.45, 2.75) is 19.4 Å². The van der Waals surface area contributed by atoms with Gasteiger partial charge < -0.3 is 15.1 Å². The van der Waals surface area contributed by atoms with Crippen LogP contribution in [-0.4, -0.2) is 30.0 Å². The number of carbonyl (C=O) groups is 1. The lowest BCUT2D eigenvalue weighted by atomic mass is 10.2. The number of amides is 1. The van der Waals surface area contributed by atoms with Gasteiger partial charge in [-0.3, -0.25) is 4.79 Å². The van der Waals surface area contributed by atoms with Crippen molar-refractivity contribution in [1.29, 1.82) is 0 Å². The summed E-state index contributed by atoms with van der Waals surface area (Å²) in [7, 11) is 0. The highest BCUT2D eigenvalue weighted by Crippen LogP contribution is 2.04. The fraction of sp³-hybridized carbons (Fsp3) is 0.556. The Morgan fingerprint density at radius 1 is 1.79 bits per heavy atom. The van der Waals surface area contributed by atoms with E-state index in [1.165, 1.54) is 6.20 Å². The number of oxazole rings is 1. The summed E-state index contributed by atoms with van der Waals surface area (Å²) in [6.07, 6.45) is 2.42. The van der Waals surface area contributed by atoms with Gasteiger partial charge in [0.2, 0.25) is 5.76 Å². The summed E-state index contributed by atoms with van der Waals surface area (Å²) in [4.78, 5) is 15.4. The molecule has 1 aliphatic heterocycles. The number of nitrogens with zero attached hydrogens (tertiary/aromatic N) is 1. The van der Waals surface area contributed by atoms with E-state index in [4.69, 9.17) is 4.42 Å². The Morgan fingerprint density at radius 2 is 2.64 bits per heavy atom. The SMILES string of the molecule is Cc1ncc(C(=O)NC2CCNC2)o1. The quantitative estimate of drug-likeness (QED) is 0.701. The van der Waals surface area contributed by atoms with Crippen LogP contribution in [0.2, 0.25) is 0 Å². The van der Waals surface area contributed by atoms with Crippen LogP contribution in [0.3, 0.4) is 0 Å². The van der Waals surface area contributed by atoms with Crippen molar-refractivity contribution in [2.24, 2.45) is 0 Å². The standard InChI is InChI=1S/C9H13N3O2/c1-6-11-5-8(14-6)9(13)12-7-2-3-10-4-7/h5,7,10H,2-4H2,1H3,(H,12,13). The van der Waals surface area contributed by atoms with Crippen molar-refractivity contribution in [3.05, 3.63) is 17.8 Å². The van der Waals surface area contributed by atoms with Crippen LogP contribution >= 0.6 is 0 Å². The molecule has 1 saturated heterocycles. The average molecular weight is 195 g/mol. The third kappa shape index (κ3) is 1.93. The highest BCUT2D eigenvalue weighted by molar-refractivity contribution is 5.91. The Kier molecular flexibility index (Phi) is 2.49. The highest BCUT2D eigenvalue weighted by Gasteiger charge is 2.19. The maximum Gasteiger partial charge on any atom is 0.288 e. The van der Waals surface area contributed by atoms with Gasteiger partial charge in [0.05, 0.1) is 6.20 Å². The molecule has 0 aromatic carbocycles.